The predicted octanol–water partition coefficient (Wildman–Crippen LogP) is 5.55. The number of nitrogens with one attached hydrogen (secondary N) is 1. The van der Waals surface area contributed by atoms with Crippen molar-refractivity contribution >= 4 is 39.3 Å². The van der Waals surface area contributed by atoms with E-state index in [9.17, 15) is 18.0 Å². The van der Waals surface area contributed by atoms with Crippen LogP contribution in [0.15, 0.2) is 82.6 Å². The zero-order valence-electron chi connectivity index (χ0n) is 24.0. The van der Waals surface area contributed by atoms with Gasteiger partial charge in [0.25, 0.3) is 10.0 Å². The van der Waals surface area contributed by atoms with Gasteiger partial charge in [0.05, 0.1) is 10.6 Å². The van der Waals surface area contributed by atoms with Gasteiger partial charge in [0.2, 0.25) is 11.8 Å². The average Bonchev–Trinajstić information content (AvgIpc) is 2.95. The van der Waals surface area contributed by atoms with Crippen molar-refractivity contribution in [3.8, 4) is 0 Å². The van der Waals surface area contributed by atoms with Crippen molar-refractivity contribution in [3.05, 3.63) is 89.5 Å². The molecule has 0 spiro atoms. The van der Waals surface area contributed by atoms with Crippen molar-refractivity contribution in [1.82, 2.24) is 10.2 Å². The number of aryl methyl sites for hydroxylation is 2. The molecule has 3 rings (SSSR count). The molecule has 1 N–H and O–H groups in total. The summed E-state index contributed by atoms with van der Waals surface area (Å²) in [5, 5.41) is 2.96. The summed E-state index contributed by atoms with van der Waals surface area (Å²) in [5.41, 5.74) is 3.21. The topological polar surface area (TPSA) is 86.8 Å². The van der Waals surface area contributed by atoms with E-state index in [2.05, 4.69) is 5.32 Å². The minimum Gasteiger partial charge on any atom is -0.352 e. The molecule has 9 heteroatoms. The molecular formula is C31H39N3O4S2. The number of thioether (sulfide) groups is 1. The van der Waals surface area contributed by atoms with Crippen LogP contribution in [0.3, 0.4) is 0 Å². The van der Waals surface area contributed by atoms with Crippen LogP contribution in [0.4, 0.5) is 5.69 Å². The van der Waals surface area contributed by atoms with Crippen molar-refractivity contribution in [2.75, 3.05) is 17.1 Å². The number of rotatable bonds is 12. The third kappa shape index (κ3) is 7.67. The second-order valence-corrected chi connectivity index (χ2v) is 12.7. The van der Waals surface area contributed by atoms with Gasteiger partial charge in [-0.25, -0.2) is 8.42 Å². The van der Waals surface area contributed by atoms with E-state index in [1.807, 2.05) is 70.3 Å². The average molecular weight is 582 g/mol. The van der Waals surface area contributed by atoms with Gasteiger partial charge in [-0.3, -0.25) is 13.9 Å². The van der Waals surface area contributed by atoms with Crippen LogP contribution in [0.2, 0.25) is 0 Å². The SMILES string of the molecule is CC[C@H](C)NC(=O)[C@H](C)N(Cc1ccccc1C)C(=O)CN(c1ccc(C)cc1)S(=O)(=O)c1ccc(SC)cc1. The first-order valence-electron chi connectivity index (χ1n) is 13.4. The van der Waals surface area contributed by atoms with E-state index in [0.29, 0.717) is 5.69 Å². The highest BCUT2D eigenvalue weighted by molar-refractivity contribution is 7.98. The van der Waals surface area contributed by atoms with Crippen LogP contribution in [-0.2, 0) is 26.2 Å². The molecule has 0 aliphatic carbocycles. The Bertz CT molecular complexity index is 1410. The molecule has 0 unspecified atom stereocenters. The Hall–Kier alpha value is -3.30. The Kier molecular flexibility index (Phi) is 10.8. The fourth-order valence-corrected chi connectivity index (χ4v) is 5.96. The Morgan fingerprint density at radius 1 is 0.925 bits per heavy atom. The molecule has 2 amide bonds. The van der Waals surface area contributed by atoms with Gasteiger partial charge < -0.3 is 10.2 Å². The van der Waals surface area contributed by atoms with Crippen molar-refractivity contribution < 1.29 is 18.0 Å². The number of amides is 2. The zero-order chi connectivity index (χ0) is 29.4. The summed E-state index contributed by atoms with van der Waals surface area (Å²) in [5.74, 6) is -0.756. The molecule has 3 aromatic carbocycles. The number of carbonyl (C=O) groups is 2. The van der Waals surface area contributed by atoms with Crippen LogP contribution < -0.4 is 9.62 Å². The summed E-state index contributed by atoms with van der Waals surface area (Å²) in [6.07, 6.45) is 2.67. The van der Waals surface area contributed by atoms with Gasteiger partial charge in [0, 0.05) is 17.5 Å². The summed E-state index contributed by atoms with van der Waals surface area (Å²) in [6.45, 7) is 9.14. The Morgan fingerprint density at radius 3 is 2.12 bits per heavy atom. The molecule has 0 aliphatic heterocycles. The summed E-state index contributed by atoms with van der Waals surface area (Å²) < 4.78 is 29.0. The summed E-state index contributed by atoms with van der Waals surface area (Å²) >= 11 is 1.52. The Morgan fingerprint density at radius 2 is 1.55 bits per heavy atom. The van der Waals surface area contributed by atoms with Crippen molar-refractivity contribution in [2.24, 2.45) is 0 Å². The molecule has 0 aliphatic rings. The highest BCUT2D eigenvalue weighted by Gasteiger charge is 2.33. The molecule has 0 saturated heterocycles. The number of sulfonamides is 1. The molecule has 0 fully saturated rings. The van der Waals surface area contributed by atoms with E-state index in [1.165, 1.54) is 16.7 Å². The molecule has 0 saturated carbocycles. The lowest BCUT2D eigenvalue weighted by atomic mass is 10.1. The van der Waals surface area contributed by atoms with E-state index in [1.54, 1.807) is 43.3 Å². The molecule has 3 aromatic rings. The van der Waals surface area contributed by atoms with E-state index in [-0.39, 0.29) is 23.4 Å². The largest absolute Gasteiger partial charge is 0.352 e. The fraction of sp³-hybridized carbons (Fsp3) is 0.355. The van der Waals surface area contributed by atoms with Crippen molar-refractivity contribution in [2.45, 2.75) is 69.5 Å². The Labute approximate surface area is 243 Å². The maximum Gasteiger partial charge on any atom is 0.264 e. The van der Waals surface area contributed by atoms with Gasteiger partial charge >= 0.3 is 0 Å². The highest BCUT2D eigenvalue weighted by atomic mass is 32.2. The minimum absolute atomic E-state index is 0.0564. The maximum absolute atomic E-state index is 14.0. The number of nitrogens with zero attached hydrogens (tertiary/aromatic N) is 2. The Balaban J connectivity index is 2.03. The zero-order valence-corrected chi connectivity index (χ0v) is 25.7. The van der Waals surface area contributed by atoms with E-state index in [0.717, 1.165) is 32.3 Å². The van der Waals surface area contributed by atoms with E-state index >= 15 is 0 Å². The number of benzene rings is 3. The van der Waals surface area contributed by atoms with Crippen LogP contribution >= 0.6 is 11.8 Å². The van der Waals surface area contributed by atoms with Crippen LogP contribution in [-0.4, -0.2) is 50.0 Å². The smallest absolute Gasteiger partial charge is 0.264 e. The molecule has 2 atom stereocenters. The van der Waals surface area contributed by atoms with E-state index < -0.39 is 28.5 Å². The molecule has 0 bridgehead atoms. The van der Waals surface area contributed by atoms with Gasteiger partial charge in [-0.2, -0.15) is 0 Å². The van der Waals surface area contributed by atoms with E-state index in [4.69, 9.17) is 0 Å². The number of hydrogen-bond donors (Lipinski definition) is 1. The first-order chi connectivity index (χ1) is 19.0. The standard InChI is InChI=1S/C31H39N3O4S2/c1-7-24(4)32-31(36)25(5)33(20-26-11-9-8-10-23(26)3)30(35)21-34(27-14-12-22(2)13-15-27)40(37,38)29-18-16-28(39-6)17-19-29/h8-19,24-25H,7,20-21H2,1-6H3,(H,32,36)/t24-,25-/m0/s1. The summed E-state index contributed by atoms with van der Waals surface area (Å²) in [7, 11) is -4.09. The number of carbonyl (C=O) groups excluding carboxylic acids is 2. The molecule has 0 heterocycles. The minimum atomic E-state index is -4.09. The molecule has 40 heavy (non-hydrogen) atoms. The second kappa shape index (κ2) is 13.9. The van der Waals surface area contributed by atoms with Crippen LogP contribution in [0.25, 0.3) is 0 Å². The predicted molar refractivity (Wildman–Crippen MR) is 163 cm³/mol. The van der Waals surface area contributed by atoms with Crippen LogP contribution in [0.1, 0.15) is 43.9 Å². The van der Waals surface area contributed by atoms with Gasteiger partial charge in [-0.15, -0.1) is 11.8 Å². The fourth-order valence-electron chi connectivity index (χ4n) is 4.13. The van der Waals surface area contributed by atoms with Crippen molar-refractivity contribution in [1.29, 1.82) is 0 Å². The van der Waals surface area contributed by atoms with Crippen LogP contribution in [0.5, 0.6) is 0 Å². The van der Waals surface area contributed by atoms with Gasteiger partial charge in [-0.05, 0) is 87.9 Å². The van der Waals surface area contributed by atoms with Gasteiger partial charge in [0.1, 0.15) is 12.6 Å². The second-order valence-electron chi connectivity index (χ2n) is 9.96. The lowest BCUT2D eigenvalue weighted by molar-refractivity contribution is -0.139. The monoisotopic (exact) mass is 581 g/mol. The normalized spacial score (nSPS) is 12.8. The van der Waals surface area contributed by atoms with Crippen molar-refractivity contribution in [3.63, 3.8) is 0 Å². The van der Waals surface area contributed by atoms with Gasteiger partial charge in [0.15, 0.2) is 0 Å². The molecular weight excluding hydrogens is 542 g/mol. The van der Waals surface area contributed by atoms with Crippen LogP contribution in [0, 0.1) is 13.8 Å². The lowest BCUT2D eigenvalue weighted by Gasteiger charge is -2.32. The number of hydrogen-bond acceptors (Lipinski definition) is 5. The first-order valence-corrected chi connectivity index (χ1v) is 16.0. The molecule has 0 aromatic heterocycles. The molecule has 7 nitrogen and oxygen atoms in total. The quantitative estimate of drug-likeness (QED) is 0.283. The molecule has 214 valence electrons. The third-order valence-electron chi connectivity index (χ3n) is 7.02. The number of anilines is 1. The third-order valence-corrected chi connectivity index (χ3v) is 9.55. The first kappa shape index (κ1) is 31.2. The summed E-state index contributed by atoms with van der Waals surface area (Å²) in [6, 6.07) is 20.4. The van der Waals surface area contributed by atoms with Gasteiger partial charge in [-0.1, -0.05) is 48.9 Å². The highest BCUT2D eigenvalue weighted by Crippen LogP contribution is 2.26. The lowest BCUT2D eigenvalue weighted by Crippen LogP contribution is -2.52. The maximum atomic E-state index is 14.0. The molecule has 0 radical (unpaired) electrons. The summed E-state index contributed by atoms with van der Waals surface area (Å²) in [4.78, 5) is 29.7.